The number of sulfonamides is 1. The molecule has 1 saturated heterocycles. The second-order valence-corrected chi connectivity index (χ2v) is 8.45. The molecule has 0 bridgehead atoms. The number of carboxylic acids is 1. The lowest BCUT2D eigenvalue weighted by Gasteiger charge is -2.14. The van der Waals surface area contributed by atoms with Gasteiger partial charge in [-0.15, -0.1) is 0 Å². The first-order valence-electron chi connectivity index (χ1n) is 6.46. The number of nitrogens with one attached hydrogen (secondary N) is 1. The van der Waals surface area contributed by atoms with Gasteiger partial charge in [-0.3, -0.25) is 0 Å². The minimum atomic E-state index is -3.77. The first-order chi connectivity index (χ1) is 9.81. The average molecular weight is 350 g/mol. The number of aromatic carboxylic acids is 1. The summed E-state index contributed by atoms with van der Waals surface area (Å²) in [4.78, 5) is 11.1. The van der Waals surface area contributed by atoms with Gasteiger partial charge in [-0.2, -0.15) is 11.8 Å². The molecule has 0 radical (unpaired) electrons. The molecule has 1 unspecified atom stereocenters. The Kier molecular flexibility index (Phi) is 5.19. The summed E-state index contributed by atoms with van der Waals surface area (Å²) in [5.41, 5.74) is 0.0941. The second kappa shape index (κ2) is 6.56. The van der Waals surface area contributed by atoms with Crippen LogP contribution in [0, 0.1) is 6.92 Å². The molecule has 1 fully saturated rings. The van der Waals surface area contributed by atoms with Crippen LogP contribution in [0.3, 0.4) is 0 Å². The van der Waals surface area contributed by atoms with Gasteiger partial charge in [0.05, 0.1) is 10.5 Å². The number of rotatable bonds is 5. The minimum absolute atomic E-state index is 0.0737. The number of benzene rings is 1. The molecule has 2 rings (SSSR count). The van der Waals surface area contributed by atoms with Gasteiger partial charge in [0.15, 0.2) is 0 Å². The van der Waals surface area contributed by atoms with E-state index in [1.165, 1.54) is 19.1 Å². The van der Waals surface area contributed by atoms with Crippen LogP contribution in [-0.4, -0.2) is 37.0 Å². The lowest BCUT2D eigenvalue weighted by molar-refractivity contribution is 0.0696. The number of carboxylic acid groups (broad SMARTS) is 1. The highest BCUT2D eigenvalue weighted by Gasteiger charge is 2.24. The van der Waals surface area contributed by atoms with Gasteiger partial charge in [-0.05, 0) is 43.2 Å². The molecule has 1 atom stereocenters. The fourth-order valence-electron chi connectivity index (χ4n) is 2.24. The Labute approximate surface area is 133 Å². The molecule has 1 aliphatic rings. The standard InChI is InChI=1S/C13H16ClNO4S2/c1-8-11(13(16)17)5-9(14)6-12(8)21(18,19)15-7-10-3-2-4-20-10/h5-6,10,15H,2-4,7H2,1H3,(H,16,17). The highest BCUT2D eigenvalue weighted by atomic mass is 35.5. The Morgan fingerprint density at radius 3 is 2.81 bits per heavy atom. The Morgan fingerprint density at radius 2 is 2.24 bits per heavy atom. The van der Waals surface area contributed by atoms with Crippen LogP contribution in [0.2, 0.25) is 5.02 Å². The molecule has 0 amide bonds. The molecule has 0 saturated carbocycles. The predicted molar refractivity (Wildman–Crippen MR) is 83.8 cm³/mol. The van der Waals surface area contributed by atoms with Crippen molar-refractivity contribution in [2.75, 3.05) is 12.3 Å². The van der Waals surface area contributed by atoms with Crippen molar-refractivity contribution in [1.82, 2.24) is 4.72 Å². The summed E-state index contributed by atoms with van der Waals surface area (Å²) in [7, 11) is -3.77. The third-order valence-electron chi connectivity index (χ3n) is 3.37. The number of thioether (sulfide) groups is 1. The molecule has 1 heterocycles. The van der Waals surface area contributed by atoms with E-state index >= 15 is 0 Å². The molecule has 8 heteroatoms. The summed E-state index contributed by atoms with van der Waals surface area (Å²) in [5, 5.41) is 9.47. The van der Waals surface area contributed by atoms with E-state index in [9.17, 15) is 13.2 Å². The van der Waals surface area contributed by atoms with Gasteiger partial charge in [0.1, 0.15) is 0 Å². The number of hydrogen-bond donors (Lipinski definition) is 2. The van der Waals surface area contributed by atoms with E-state index in [1.807, 2.05) is 0 Å². The maximum Gasteiger partial charge on any atom is 0.336 e. The first kappa shape index (κ1) is 16.6. The van der Waals surface area contributed by atoms with E-state index in [0.717, 1.165) is 18.6 Å². The van der Waals surface area contributed by atoms with E-state index in [0.29, 0.717) is 6.54 Å². The van der Waals surface area contributed by atoms with Gasteiger partial charge in [-0.1, -0.05) is 11.6 Å². The fraction of sp³-hybridized carbons (Fsp3) is 0.462. The van der Waals surface area contributed by atoms with Crippen molar-refractivity contribution in [1.29, 1.82) is 0 Å². The van der Waals surface area contributed by atoms with E-state index in [2.05, 4.69) is 4.72 Å². The second-order valence-electron chi connectivity index (χ2n) is 4.87. The average Bonchev–Trinajstić information content (AvgIpc) is 2.91. The van der Waals surface area contributed by atoms with Crippen molar-refractivity contribution >= 4 is 39.4 Å². The van der Waals surface area contributed by atoms with Crippen molar-refractivity contribution in [3.8, 4) is 0 Å². The van der Waals surface area contributed by atoms with Crippen LogP contribution in [0.1, 0.15) is 28.8 Å². The van der Waals surface area contributed by atoms with Gasteiger partial charge in [0, 0.05) is 16.8 Å². The molecule has 21 heavy (non-hydrogen) atoms. The first-order valence-corrected chi connectivity index (χ1v) is 9.37. The third kappa shape index (κ3) is 3.91. The monoisotopic (exact) mass is 349 g/mol. The highest BCUT2D eigenvalue weighted by Crippen LogP contribution is 2.27. The van der Waals surface area contributed by atoms with E-state index < -0.39 is 16.0 Å². The van der Waals surface area contributed by atoms with Crippen molar-refractivity contribution in [2.24, 2.45) is 0 Å². The summed E-state index contributed by atoms with van der Waals surface area (Å²) < 4.78 is 27.3. The van der Waals surface area contributed by atoms with Crippen LogP contribution in [0.5, 0.6) is 0 Å². The van der Waals surface area contributed by atoms with Crippen LogP contribution in [0.25, 0.3) is 0 Å². The van der Waals surface area contributed by atoms with E-state index in [4.69, 9.17) is 16.7 Å². The summed E-state index contributed by atoms with van der Waals surface area (Å²) in [5.74, 6) is -0.149. The van der Waals surface area contributed by atoms with Gasteiger partial charge in [-0.25, -0.2) is 17.9 Å². The molecule has 1 aromatic carbocycles. The van der Waals surface area contributed by atoms with Gasteiger partial charge >= 0.3 is 5.97 Å². The Balaban J connectivity index is 2.28. The van der Waals surface area contributed by atoms with Crippen LogP contribution in [-0.2, 0) is 10.0 Å². The van der Waals surface area contributed by atoms with Gasteiger partial charge < -0.3 is 5.11 Å². The molecular formula is C13H16ClNO4S2. The molecule has 2 N–H and O–H groups in total. The quantitative estimate of drug-likeness (QED) is 0.853. The Hall–Kier alpha value is -0.760. The normalized spacial score (nSPS) is 18.9. The van der Waals surface area contributed by atoms with Crippen molar-refractivity contribution in [2.45, 2.75) is 29.9 Å². The fourth-order valence-corrected chi connectivity index (χ4v) is 5.20. The molecule has 116 valence electrons. The molecular weight excluding hydrogens is 334 g/mol. The summed E-state index contributed by atoms with van der Waals surface area (Å²) in [6, 6.07) is 2.54. The van der Waals surface area contributed by atoms with Crippen molar-refractivity contribution in [3.05, 3.63) is 28.3 Å². The van der Waals surface area contributed by atoms with E-state index in [1.54, 1.807) is 11.8 Å². The highest BCUT2D eigenvalue weighted by molar-refractivity contribution is 8.00. The molecule has 1 aliphatic heterocycles. The number of halogens is 1. The maximum absolute atomic E-state index is 12.4. The molecule has 0 spiro atoms. The topological polar surface area (TPSA) is 83.5 Å². The number of carbonyl (C=O) groups is 1. The third-order valence-corrected chi connectivity index (χ3v) is 6.54. The van der Waals surface area contributed by atoms with Crippen LogP contribution >= 0.6 is 23.4 Å². The lowest BCUT2D eigenvalue weighted by atomic mass is 10.1. The van der Waals surface area contributed by atoms with Crippen LogP contribution < -0.4 is 4.72 Å². The van der Waals surface area contributed by atoms with Crippen LogP contribution in [0.15, 0.2) is 17.0 Å². The summed E-state index contributed by atoms with van der Waals surface area (Å²) >= 11 is 7.59. The zero-order chi connectivity index (χ0) is 15.6. The molecule has 0 aromatic heterocycles. The minimum Gasteiger partial charge on any atom is -0.478 e. The molecule has 5 nitrogen and oxygen atoms in total. The smallest absolute Gasteiger partial charge is 0.336 e. The zero-order valence-corrected chi connectivity index (χ0v) is 13.8. The molecule has 0 aliphatic carbocycles. The Bertz CT molecular complexity index is 654. The SMILES string of the molecule is Cc1c(C(=O)O)cc(Cl)cc1S(=O)(=O)NCC1CCCS1. The summed E-state index contributed by atoms with van der Waals surface area (Å²) in [6.07, 6.45) is 2.08. The summed E-state index contributed by atoms with van der Waals surface area (Å²) in [6.45, 7) is 1.82. The predicted octanol–water partition coefficient (Wildman–Crippen LogP) is 2.52. The molecule has 1 aromatic rings. The zero-order valence-electron chi connectivity index (χ0n) is 11.4. The van der Waals surface area contributed by atoms with Gasteiger partial charge in [0.2, 0.25) is 10.0 Å². The van der Waals surface area contributed by atoms with Crippen molar-refractivity contribution in [3.63, 3.8) is 0 Å². The largest absolute Gasteiger partial charge is 0.478 e. The van der Waals surface area contributed by atoms with E-state index in [-0.39, 0.29) is 26.3 Å². The maximum atomic E-state index is 12.4. The number of hydrogen-bond acceptors (Lipinski definition) is 4. The van der Waals surface area contributed by atoms with Gasteiger partial charge in [0.25, 0.3) is 0 Å². The Morgan fingerprint density at radius 1 is 1.52 bits per heavy atom. The van der Waals surface area contributed by atoms with Crippen molar-refractivity contribution < 1.29 is 18.3 Å². The lowest BCUT2D eigenvalue weighted by Crippen LogP contribution is -2.30. The van der Waals surface area contributed by atoms with Crippen LogP contribution in [0.4, 0.5) is 0 Å².